The van der Waals surface area contributed by atoms with E-state index < -0.39 is 0 Å². The van der Waals surface area contributed by atoms with Crippen molar-refractivity contribution in [2.45, 2.75) is 12.8 Å². The number of hydrogen-bond acceptors (Lipinski definition) is 0. The fourth-order valence-corrected chi connectivity index (χ4v) is 1.34. The summed E-state index contributed by atoms with van der Waals surface area (Å²) in [6.45, 7) is 0. The monoisotopic (exact) mass is 134 g/mol. The van der Waals surface area contributed by atoms with Crippen molar-refractivity contribution in [2.75, 3.05) is 12.3 Å². The van der Waals surface area contributed by atoms with Gasteiger partial charge in [-0.05, 0) is 18.7 Å². The molecule has 0 nitrogen and oxygen atoms in total. The third kappa shape index (κ3) is 6.92. The van der Waals surface area contributed by atoms with E-state index in [1.165, 1.54) is 25.2 Å². The van der Waals surface area contributed by atoms with Crippen LogP contribution in [0.4, 0.5) is 0 Å². The van der Waals surface area contributed by atoms with Gasteiger partial charge in [-0.15, -0.1) is 9.24 Å². The Kier molecular flexibility index (Phi) is 7.84. The van der Waals surface area contributed by atoms with E-state index in [0.29, 0.717) is 0 Å². The molecule has 0 heterocycles. The molecule has 0 fully saturated rings. The van der Waals surface area contributed by atoms with Gasteiger partial charge in [0.25, 0.3) is 0 Å². The Labute approximate surface area is 51.2 Å². The molecule has 0 saturated carbocycles. The average Bonchev–Trinajstić information content (AvgIpc) is 1.69. The highest BCUT2D eigenvalue weighted by atomic mass is 31.1. The molecule has 0 aromatic carbocycles. The van der Waals surface area contributed by atoms with Crippen molar-refractivity contribution < 1.29 is 0 Å². The van der Waals surface area contributed by atoms with Gasteiger partial charge in [-0.2, -0.15) is 8.46 Å². The molecule has 0 aliphatic carbocycles. The molecule has 0 amide bonds. The molecule has 3 heteroatoms. The minimum absolute atomic E-state index is 1.16. The fraction of sp³-hybridized carbons (Fsp3) is 1.00. The number of unbranched alkanes of at least 4 members (excludes halogenated alkanes) is 1. The van der Waals surface area contributed by atoms with Crippen LogP contribution in [-0.4, -0.2) is 19.9 Å². The summed E-state index contributed by atoms with van der Waals surface area (Å²) in [6.07, 6.45) is 5.54. The smallest absolute Gasteiger partial charge is 0.130 e. The molecule has 42 valence electrons. The predicted molar refractivity (Wildman–Crippen MR) is 45.5 cm³/mol. The second-order valence-corrected chi connectivity index (χ2v) is 3.38. The Hall–Kier alpha value is 0.925. The summed E-state index contributed by atoms with van der Waals surface area (Å²) in [5.74, 6) is 0. The zero-order chi connectivity index (χ0) is 5.54. The van der Waals surface area contributed by atoms with Gasteiger partial charge < -0.3 is 0 Å². The molecule has 0 aromatic heterocycles. The Morgan fingerprint density at radius 3 is 2.57 bits per heavy atom. The minimum Gasteiger partial charge on any atom is -0.164 e. The topological polar surface area (TPSA) is 0 Å². The van der Waals surface area contributed by atoms with Crippen molar-refractivity contribution in [3.05, 3.63) is 0 Å². The van der Waals surface area contributed by atoms with E-state index >= 15 is 0 Å². The first-order valence-corrected chi connectivity index (χ1v) is 5.29. The molecule has 0 N–H and O–H groups in total. The molecule has 7 heavy (non-hydrogen) atoms. The van der Waals surface area contributed by atoms with Crippen LogP contribution in [0.15, 0.2) is 0 Å². The zero-order valence-electron chi connectivity index (χ0n) is 4.91. The molecular weight excluding hydrogens is 121 g/mol. The first-order valence-electron chi connectivity index (χ1n) is 2.76. The third-order valence-electron chi connectivity index (χ3n) is 0.881. The fourth-order valence-electron chi connectivity index (χ4n) is 0.446. The molecule has 0 aliphatic heterocycles. The second kappa shape index (κ2) is 6.92. The van der Waals surface area contributed by atoms with Gasteiger partial charge in [0.1, 0.15) is 7.57 Å². The zero-order valence-corrected chi connectivity index (χ0v) is 7.06. The van der Waals surface area contributed by atoms with Crippen molar-refractivity contribution in [1.29, 1.82) is 0 Å². The third-order valence-corrected chi connectivity index (χ3v) is 2.14. The van der Waals surface area contributed by atoms with E-state index in [1.54, 1.807) is 0 Å². The second-order valence-electron chi connectivity index (χ2n) is 1.60. The van der Waals surface area contributed by atoms with Gasteiger partial charge in [0, 0.05) is 0 Å². The maximum atomic E-state index is 2.75. The maximum Gasteiger partial charge on any atom is 0.130 e. The van der Waals surface area contributed by atoms with Crippen LogP contribution in [0.2, 0.25) is 0 Å². The van der Waals surface area contributed by atoms with E-state index in [0.717, 1.165) is 8.46 Å². The van der Waals surface area contributed by atoms with Gasteiger partial charge in [0.15, 0.2) is 0 Å². The number of rotatable bonds is 4. The molecule has 0 bridgehead atoms. The Morgan fingerprint density at radius 1 is 1.43 bits per heavy atom. The maximum absolute atomic E-state index is 2.75. The minimum atomic E-state index is 1.16. The van der Waals surface area contributed by atoms with Crippen LogP contribution in [0, 0.1) is 0 Å². The van der Waals surface area contributed by atoms with Crippen molar-refractivity contribution >= 4 is 25.3 Å². The lowest BCUT2D eigenvalue weighted by molar-refractivity contribution is 0.907. The lowest BCUT2D eigenvalue weighted by Gasteiger charge is -1.91. The molecule has 2 atom stereocenters. The van der Waals surface area contributed by atoms with E-state index in [4.69, 9.17) is 0 Å². The van der Waals surface area contributed by atoms with Crippen molar-refractivity contribution in [3.8, 4) is 0 Å². The van der Waals surface area contributed by atoms with Gasteiger partial charge in [-0.3, -0.25) is 0 Å². The summed E-state index contributed by atoms with van der Waals surface area (Å²) in [5, 5.41) is 0. The van der Waals surface area contributed by atoms with E-state index in [-0.39, 0.29) is 0 Å². The van der Waals surface area contributed by atoms with E-state index in [1.807, 2.05) is 0 Å². The summed E-state index contributed by atoms with van der Waals surface area (Å²) >= 11 is 0. The van der Waals surface area contributed by atoms with Crippen LogP contribution < -0.4 is 0 Å². The summed E-state index contributed by atoms with van der Waals surface area (Å²) in [4.78, 5) is 0. The summed E-state index contributed by atoms with van der Waals surface area (Å²) in [5.41, 5.74) is 0. The summed E-state index contributed by atoms with van der Waals surface area (Å²) in [7, 11) is 6.18. The van der Waals surface area contributed by atoms with Gasteiger partial charge in [-0.25, -0.2) is 0 Å². The quantitative estimate of drug-likeness (QED) is 0.304. The molecule has 0 aromatic rings. The standard InChI is InChI=1S/C4H13BP2/c5-7-4-2-1-3-6/h7H,1-6H2. The molecule has 0 radical (unpaired) electrons. The van der Waals surface area contributed by atoms with Gasteiger partial charge in [0.2, 0.25) is 0 Å². The van der Waals surface area contributed by atoms with Crippen LogP contribution in [-0.2, 0) is 0 Å². The molecular formula is C4H13BP2. The largest absolute Gasteiger partial charge is 0.164 e. The first-order chi connectivity index (χ1) is 3.41. The lowest BCUT2D eigenvalue weighted by Crippen LogP contribution is -1.76. The Bertz CT molecular complexity index is 28.9. The van der Waals surface area contributed by atoms with Crippen LogP contribution >= 0.6 is 17.7 Å². The van der Waals surface area contributed by atoms with Gasteiger partial charge in [0.05, 0.1) is 0 Å². The highest BCUT2D eigenvalue weighted by molar-refractivity contribution is 7.66. The number of hydrogen-bond donors (Lipinski definition) is 0. The van der Waals surface area contributed by atoms with E-state index in [2.05, 4.69) is 16.8 Å². The SMILES string of the molecule is BPCCCCP. The van der Waals surface area contributed by atoms with Crippen molar-refractivity contribution in [2.24, 2.45) is 0 Å². The highest BCUT2D eigenvalue weighted by Crippen LogP contribution is 2.05. The van der Waals surface area contributed by atoms with Crippen LogP contribution in [0.5, 0.6) is 0 Å². The molecule has 2 unspecified atom stereocenters. The van der Waals surface area contributed by atoms with Crippen molar-refractivity contribution in [1.82, 2.24) is 0 Å². The van der Waals surface area contributed by atoms with Gasteiger partial charge in [-0.1, -0.05) is 6.42 Å². The normalized spacial score (nSPS) is 11.0. The van der Waals surface area contributed by atoms with Crippen LogP contribution in [0.25, 0.3) is 0 Å². The molecule has 0 spiro atoms. The summed E-state index contributed by atoms with van der Waals surface area (Å²) in [6, 6.07) is 0. The van der Waals surface area contributed by atoms with Crippen molar-refractivity contribution in [3.63, 3.8) is 0 Å². The van der Waals surface area contributed by atoms with Crippen LogP contribution in [0.3, 0.4) is 0 Å². The Balaban J connectivity index is 2.45. The average molecular weight is 134 g/mol. The molecule has 0 aliphatic rings. The lowest BCUT2D eigenvalue weighted by atomic mass is 10.4. The Morgan fingerprint density at radius 2 is 2.14 bits per heavy atom. The predicted octanol–water partition coefficient (Wildman–Crippen LogP) is 0.868. The molecule has 0 rings (SSSR count). The van der Waals surface area contributed by atoms with E-state index in [9.17, 15) is 0 Å². The van der Waals surface area contributed by atoms with Crippen LogP contribution in [0.1, 0.15) is 12.8 Å². The highest BCUT2D eigenvalue weighted by Gasteiger charge is 1.79. The molecule has 0 saturated heterocycles. The summed E-state index contributed by atoms with van der Waals surface area (Å²) < 4.78 is 0. The first kappa shape index (κ1) is 7.92. The van der Waals surface area contributed by atoms with Gasteiger partial charge >= 0.3 is 0 Å².